The van der Waals surface area contributed by atoms with Gasteiger partial charge >= 0.3 is 0 Å². The summed E-state index contributed by atoms with van der Waals surface area (Å²) in [5.41, 5.74) is 0.383. The van der Waals surface area contributed by atoms with Crippen molar-refractivity contribution in [2.24, 2.45) is 0 Å². The number of nitrogens with one attached hydrogen (secondary N) is 1. The number of methoxy groups -OCH3 is 1. The van der Waals surface area contributed by atoms with Crippen LogP contribution in [0.1, 0.15) is 13.8 Å². The molecule has 2 aromatic heterocycles. The summed E-state index contributed by atoms with van der Waals surface area (Å²) in [6.07, 6.45) is 0. The molecule has 3 aromatic rings. The molecule has 0 spiro atoms. The Bertz CT molecular complexity index is 1090. The second-order valence-electron chi connectivity index (χ2n) is 7.41. The monoisotopic (exact) mass is 397 g/mol. The molecule has 1 saturated heterocycles. The van der Waals surface area contributed by atoms with Crippen molar-refractivity contribution in [1.82, 2.24) is 19.9 Å². The Hall–Kier alpha value is -3.00. The summed E-state index contributed by atoms with van der Waals surface area (Å²) in [7, 11) is 1.39. The number of pyridine rings is 1. The van der Waals surface area contributed by atoms with Crippen molar-refractivity contribution in [2.75, 3.05) is 38.2 Å². The molecule has 29 heavy (non-hydrogen) atoms. The molecular weight excluding hydrogens is 373 g/mol. The first-order valence-electron chi connectivity index (χ1n) is 9.70. The molecule has 0 radical (unpaired) electrons. The van der Waals surface area contributed by atoms with E-state index in [1.807, 2.05) is 12.1 Å². The SMILES string of the molecule is COc1cc(F)cc2nc(-c3cccc(N4CCN(C(C)C)CC4)n3)[nH]c(=O)c12. The normalized spacial score (nSPS) is 15.3. The fraction of sp³-hybridized carbons (Fsp3) is 0.381. The second kappa shape index (κ2) is 7.79. The van der Waals surface area contributed by atoms with Crippen LogP contribution < -0.4 is 15.2 Å². The number of piperazine rings is 1. The van der Waals surface area contributed by atoms with Gasteiger partial charge in [-0.2, -0.15) is 0 Å². The van der Waals surface area contributed by atoms with Crippen molar-refractivity contribution >= 4 is 16.7 Å². The van der Waals surface area contributed by atoms with E-state index in [1.165, 1.54) is 19.2 Å². The number of fused-ring (bicyclic) bond motifs is 1. The van der Waals surface area contributed by atoms with Crippen LogP contribution in [0.2, 0.25) is 0 Å². The summed E-state index contributed by atoms with van der Waals surface area (Å²) in [5.74, 6) is 0.788. The smallest absolute Gasteiger partial charge is 0.262 e. The maximum absolute atomic E-state index is 13.9. The quantitative estimate of drug-likeness (QED) is 0.730. The first-order chi connectivity index (χ1) is 14.0. The molecule has 0 saturated carbocycles. The zero-order chi connectivity index (χ0) is 20.5. The molecule has 0 atom stereocenters. The molecule has 1 N–H and O–H groups in total. The molecule has 1 aliphatic heterocycles. The summed E-state index contributed by atoms with van der Waals surface area (Å²) >= 11 is 0. The van der Waals surface area contributed by atoms with Crippen molar-refractivity contribution in [3.63, 3.8) is 0 Å². The second-order valence-corrected chi connectivity index (χ2v) is 7.41. The number of hydrogen-bond donors (Lipinski definition) is 1. The van der Waals surface area contributed by atoms with Crippen LogP contribution in [-0.2, 0) is 0 Å². The van der Waals surface area contributed by atoms with Crippen molar-refractivity contribution < 1.29 is 9.13 Å². The molecule has 1 fully saturated rings. The van der Waals surface area contributed by atoms with Gasteiger partial charge in [0, 0.05) is 44.4 Å². The lowest BCUT2D eigenvalue weighted by Crippen LogP contribution is -2.49. The van der Waals surface area contributed by atoms with E-state index in [0.717, 1.165) is 32.0 Å². The molecular formula is C21H24FN5O2. The number of rotatable bonds is 4. The fourth-order valence-corrected chi connectivity index (χ4v) is 3.68. The third-order valence-corrected chi connectivity index (χ3v) is 5.30. The minimum absolute atomic E-state index is 0.157. The Kier molecular flexibility index (Phi) is 5.19. The molecule has 152 valence electrons. The van der Waals surface area contributed by atoms with Gasteiger partial charge in [0.05, 0.1) is 12.6 Å². The lowest BCUT2D eigenvalue weighted by atomic mass is 10.2. The largest absolute Gasteiger partial charge is 0.496 e. The molecule has 0 aliphatic carbocycles. The lowest BCUT2D eigenvalue weighted by Gasteiger charge is -2.37. The number of H-pyrrole nitrogens is 1. The van der Waals surface area contributed by atoms with Crippen LogP contribution in [0.25, 0.3) is 22.4 Å². The van der Waals surface area contributed by atoms with E-state index in [2.05, 4.69) is 33.6 Å². The van der Waals surface area contributed by atoms with Crippen LogP contribution in [0.15, 0.2) is 35.1 Å². The molecule has 4 rings (SSSR count). The van der Waals surface area contributed by atoms with Gasteiger partial charge in [-0.1, -0.05) is 6.07 Å². The van der Waals surface area contributed by atoms with E-state index in [4.69, 9.17) is 9.72 Å². The van der Waals surface area contributed by atoms with Crippen molar-refractivity contribution in [3.8, 4) is 17.3 Å². The zero-order valence-electron chi connectivity index (χ0n) is 16.8. The Morgan fingerprint density at radius 2 is 1.90 bits per heavy atom. The van der Waals surface area contributed by atoms with Gasteiger partial charge in [-0.15, -0.1) is 0 Å². The van der Waals surface area contributed by atoms with Gasteiger partial charge in [-0.3, -0.25) is 9.69 Å². The molecule has 1 aromatic carbocycles. The number of nitrogens with zero attached hydrogens (tertiary/aromatic N) is 4. The van der Waals surface area contributed by atoms with Crippen LogP contribution in [-0.4, -0.2) is 59.2 Å². The Morgan fingerprint density at radius 3 is 2.59 bits per heavy atom. The predicted molar refractivity (Wildman–Crippen MR) is 111 cm³/mol. The number of aromatic nitrogens is 3. The number of hydrogen-bond acceptors (Lipinski definition) is 6. The highest BCUT2D eigenvalue weighted by atomic mass is 19.1. The Balaban J connectivity index is 1.68. The highest BCUT2D eigenvalue weighted by Crippen LogP contribution is 2.25. The summed E-state index contributed by atoms with van der Waals surface area (Å²) < 4.78 is 19.0. The minimum Gasteiger partial charge on any atom is -0.496 e. The van der Waals surface area contributed by atoms with E-state index in [0.29, 0.717) is 17.6 Å². The lowest BCUT2D eigenvalue weighted by molar-refractivity contribution is 0.209. The number of benzene rings is 1. The number of anilines is 1. The highest BCUT2D eigenvalue weighted by Gasteiger charge is 2.20. The predicted octanol–water partition coefficient (Wildman–Crippen LogP) is 2.66. The van der Waals surface area contributed by atoms with Crippen molar-refractivity contribution in [2.45, 2.75) is 19.9 Å². The van der Waals surface area contributed by atoms with Crippen LogP contribution in [0, 0.1) is 5.82 Å². The van der Waals surface area contributed by atoms with Gasteiger partial charge in [0.1, 0.15) is 28.5 Å². The fourth-order valence-electron chi connectivity index (χ4n) is 3.68. The Morgan fingerprint density at radius 1 is 1.14 bits per heavy atom. The third-order valence-electron chi connectivity index (χ3n) is 5.30. The van der Waals surface area contributed by atoms with E-state index in [9.17, 15) is 9.18 Å². The van der Waals surface area contributed by atoms with Gasteiger partial charge in [-0.25, -0.2) is 14.4 Å². The van der Waals surface area contributed by atoms with E-state index < -0.39 is 5.82 Å². The molecule has 1 aliphatic rings. The van der Waals surface area contributed by atoms with Crippen molar-refractivity contribution in [3.05, 3.63) is 46.5 Å². The maximum Gasteiger partial charge on any atom is 0.262 e. The number of halogens is 1. The molecule has 8 heteroatoms. The van der Waals surface area contributed by atoms with Crippen LogP contribution in [0.3, 0.4) is 0 Å². The van der Waals surface area contributed by atoms with Crippen LogP contribution in [0.4, 0.5) is 10.2 Å². The molecule has 3 heterocycles. The topological polar surface area (TPSA) is 74.3 Å². The molecule has 0 bridgehead atoms. The Labute approximate surface area is 168 Å². The number of ether oxygens (including phenoxy) is 1. The van der Waals surface area contributed by atoms with Crippen LogP contribution >= 0.6 is 0 Å². The molecule has 0 amide bonds. The standard InChI is InChI=1S/C21H24FN5O2/c1-13(2)26-7-9-27(10-8-26)18-6-4-5-15(23-18)20-24-16-11-14(22)12-17(29-3)19(16)21(28)25-20/h4-6,11-13H,7-10H2,1-3H3,(H,24,25,28). The highest BCUT2D eigenvalue weighted by molar-refractivity contribution is 5.85. The van der Waals surface area contributed by atoms with Crippen LogP contribution in [0.5, 0.6) is 5.75 Å². The van der Waals surface area contributed by atoms with E-state index in [-0.39, 0.29) is 22.2 Å². The van der Waals surface area contributed by atoms with E-state index >= 15 is 0 Å². The van der Waals surface area contributed by atoms with Gasteiger partial charge in [0.2, 0.25) is 0 Å². The first-order valence-corrected chi connectivity index (χ1v) is 9.70. The summed E-state index contributed by atoms with van der Waals surface area (Å²) in [6.45, 7) is 8.14. The number of aromatic amines is 1. The summed E-state index contributed by atoms with van der Waals surface area (Å²) in [5, 5.41) is 0.221. The minimum atomic E-state index is -0.511. The molecule has 7 nitrogen and oxygen atoms in total. The van der Waals surface area contributed by atoms with Crippen molar-refractivity contribution in [1.29, 1.82) is 0 Å². The summed E-state index contributed by atoms with van der Waals surface area (Å²) in [6, 6.07) is 8.56. The van der Waals surface area contributed by atoms with E-state index in [1.54, 1.807) is 6.07 Å². The first kappa shape index (κ1) is 19.3. The average Bonchev–Trinajstić information content (AvgIpc) is 2.72. The van der Waals surface area contributed by atoms with Gasteiger partial charge in [-0.05, 0) is 26.0 Å². The van der Waals surface area contributed by atoms with Gasteiger partial charge in [0.15, 0.2) is 5.82 Å². The third kappa shape index (κ3) is 3.80. The van der Waals surface area contributed by atoms with Gasteiger partial charge < -0.3 is 14.6 Å². The zero-order valence-corrected chi connectivity index (χ0v) is 16.8. The average molecular weight is 397 g/mol. The van der Waals surface area contributed by atoms with Gasteiger partial charge in [0.25, 0.3) is 5.56 Å². The maximum atomic E-state index is 13.9. The summed E-state index contributed by atoms with van der Waals surface area (Å²) in [4.78, 5) is 29.2. The molecule has 0 unspecified atom stereocenters.